The van der Waals surface area contributed by atoms with Gasteiger partial charge in [0, 0.05) is 24.4 Å². The van der Waals surface area contributed by atoms with E-state index in [0.29, 0.717) is 31.1 Å². The third kappa shape index (κ3) is 4.65. The lowest BCUT2D eigenvalue weighted by molar-refractivity contribution is 0.252. The largest absolute Gasteiger partial charge is 0.339 e. The Balaban J connectivity index is 1.34. The van der Waals surface area contributed by atoms with Crippen LogP contribution in [-0.2, 0) is 6.42 Å². The first kappa shape index (κ1) is 20.0. The Morgan fingerprint density at radius 1 is 1.10 bits per heavy atom. The van der Waals surface area contributed by atoms with Crippen LogP contribution in [0.25, 0.3) is 20.8 Å². The second-order valence-electron chi connectivity index (χ2n) is 7.22. The van der Waals surface area contributed by atoms with Crippen molar-refractivity contribution in [2.24, 2.45) is 0 Å². The van der Waals surface area contributed by atoms with Gasteiger partial charge in [-0.05, 0) is 30.7 Å². The first-order valence-electron chi connectivity index (χ1n) is 9.92. The van der Waals surface area contributed by atoms with E-state index >= 15 is 0 Å². The molecule has 30 heavy (non-hydrogen) atoms. The standard InChI is InChI=1S/C22H23N5O2S/c1-14(2)20-26-19(29-27-20)12-7-13-23-22(28)25-16-9-4-3-8-15(16)21-24-17-10-5-6-11-18(17)30-21/h3-6,8-11,14H,7,12-13H2,1-2H3,(H2,23,25,28). The third-order valence-corrected chi connectivity index (χ3v) is 5.62. The molecule has 2 amide bonds. The smallest absolute Gasteiger partial charge is 0.319 e. The monoisotopic (exact) mass is 421 g/mol. The highest BCUT2D eigenvalue weighted by Crippen LogP contribution is 2.34. The summed E-state index contributed by atoms with van der Waals surface area (Å²) in [5, 5.41) is 10.6. The van der Waals surface area contributed by atoms with Gasteiger partial charge >= 0.3 is 6.03 Å². The Morgan fingerprint density at radius 2 is 1.90 bits per heavy atom. The van der Waals surface area contributed by atoms with Crippen LogP contribution in [0.3, 0.4) is 0 Å². The summed E-state index contributed by atoms with van der Waals surface area (Å²) in [4.78, 5) is 21.4. The fourth-order valence-electron chi connectivity index (χ4n) is 2.98. The summed E-state index contributed by atoms with van der Waals surface area (Å²) in [5.41, 5.74) is 2.59. The van der Waals surface area contributed by atoms with Gasteiger partial charge in [0.2, 0.25) is 5.89 Å². The van der Waals surface area contributed by atoms with E-state index in [-0.39, 0.29) is 11.9 Å². The topological polar surface area (TPSA) is 92.9 Å². The fraction of sp³-hybridized carbons (Fsp3) is 0.273. The normalized spacial score (nSPS) is 11.2. The predicted octanol–water partition coefficient (Wildman–Crippen LogP) is 5.22. The molecule has 7 nitrogen and oxygen atoms in total. The van der Waals surface area contributed by atoms with Crippen LogP contribution in [0.2, 0.25) is 0 Å². The lowest BCUT2D eigenvalue weighted by Crippen LogP contribution is -2.30. The molecule has 2 aromatic carbocycles. The molecule has 4 rings (SSSR count). The van der Waals surface area contributed by atoms with E-state index in [1.807, 2.05) is 62.4 Å². The molecule has 0 aliphatic rings. The van der Waals surface area contributed by atoms with Crippen molar-refractivity contribution >= 4 is 33.3 Å². The summed E-state index contributed by atoms with van der Waals surface area (Å²) in [6, 6.07) is 15.5. The predicted molar refractivity (Wildman–Crippen MR) is 119 cm³/mol. The second kappa shape index (κ2) is 9.04. The lowest BCUT2D eigenvalue weighted by atomic mass is 10.2. The fourth-order valence-corrected chi connectivity index (χ4v) is 3.98. The van der Waals surface area contributed by atoms with E-state index in [4.69, 9.17) is 9.51 Å². The number of fused-ring (bicyclic) bond motifs is 1. The number of amides is 2. The highest BCUT2D eigenvalue weighted by Gasteiger charge is 2.13. The Labute approximate surface area is 178 Å². The Hall–Kier alpha value is -3.26. The SMILES string of the molecule is CC(C)c1noc(CCCNC(=O)Nc2ccccc2-c2nc3ccccc3s2)n1. The summed E-state index contributed by atoms with van der Waals surface area (Å²) in [6.45, 7) is 4.55. The molecule has 0 atom stereocenters. The summed E-state index contributed by atoms with van der Waals surface area (Å²) < 4.78 is 6.34. The maximum Gasteiger partial charge on any atom is 0.319 e. The van der Waals surface area contributed by atoms with Crippen molar-refractivity contribution in [3.8, 4) is 10.6 Å². The van der Waals surface area contributed by atoms with Gasteiger partial charge in [-0.3, -0.25) is 0 Å². The van der Waals surface area contributed by atoms with Crippen molar-refractivity contribution in [1.29, 1.82) is 0 Å². The van der Waals surface area contributed by atoms with Gasteiger partial charge in [-0.25, -0.2) is 9.78 Å². The number of aryl methyl sites for hydroxylation is 1. The average molecular weight is 422 g/mol. The van der Waals surface area contributed by atoms with Crippen LogP contribution < -0.4 is 10.6 Å². The van der Waals surface area contributed by atoms with Crippen molar-refractivity contribution < 1.29 is 9.32 Å². The van der Waals surface area contributed by atoms with Crippen LogP contribution in [-0.4, -0.2) is 27.7 Å². The van der Waals surface area contributed by atoms with Gasteiger partial charge in [0.15, 0.2) is 5.82 Å². The number of rotatable bonds is 7. The molecular formula is C22H23N5O2S. The van der Waals surface area contributed by atoms with Gasteiger partial charge in [0.1, 0.15) is 5.01 Å². The zero-order valence-electron chi connectivity index (χ0n) is 16.9. The number of hydrogen-bond donors (Lipinski definition) is 2. The van der Waals surface area contributed by atoms with Crippen molar-refractivity contribution in [1.82, 2.24) is 20.4 Å². The highest BCUT2D eigenvalue weighted by molar-refractivity contribution is 7.21. The van der Waals surface area contributed by atoms with Gasteiger partial charge in [-0.1, -0.05) is 43.3 Å². The van der Waals surface area contributed by atoms with E-state index in [0.717, 1.165) is 26.5 Å². The van der Waals surface area contributed by atoms with E-state index in [1.165, 1.54) is 0 Å². The molecule has 2 heterocycles. The molecule has 0 radical (unpaired) electrons. The second-order valence-corrected chi connectivity index (χ2v) is 8.25. The van der Waals surface area contributed by atoms with Gasteiger partial charge in [0.05, 0.1) is 15.9 Å². The molecule has 154 valence electrons. The van der Waals surface area contributed by atoms with E-state index in [2.05, 4.69) is 20.8 Å². The van der Waals surface area contributed by atoms with E-state index in [1.54, 1.807) is 11.3 Å². The molecule has 2 N–H and O–H groups in total. The molecule has 0 saturated heterocycles. The number of nitrogens with one attached hydrogen (secondary N) is 2. The number of aromatic nitrogens is 3. The molecule has 8 heteroatoms. The number of carbonyl (C=O) groups is 1. The van der Waals surface area contributed by atoms with Gasteiger partial charge in [-0.2, -0.15) is 4.98 Å². The minimum Gasteiger partial charge on any atom is -0.339 e. The minimum atomic E-state index is -0.253. The summed E-state index contributed by atoms with van der Waals surface area (Å²) in [5.74, 6) is 1.55. The van der Waals surface area contributed by atoms with Crippen molar-refractivity contribution in [3.63, 3.8) is 0 Å². The van der Waals surface area contributed by atoms with Crippen LogP contribution in [0, 0.1) is 0 Å². The quantitative estimate of drug-likeness (QED) is 0.399. The number of thiazole rings is 1. The highest BCUT2D eigenvalue weighted by atomic mass is 32.1. The molecular weight excluding hydrogens is 398 g/mol. The average Bonchev–Trinajstić information content (AvgIpc) is 3.39. The zero-order chi connectivity index (χ0) is 20.9. The van der Waals surface area contributed by atoms with Crippen molar-refractivity contribution in [2.45, 2.75) is 32.6 Å². The molecule has 2 aromatic heterocycles. The minimum absolute atomic E-state index is 0.238. The molecule has 0 unspecified atom stereocenters. The van der Waals surface area contributed by atoms with E-state index in [9.17, 15) is 4.79 Å². The number of hydrogen-bond acceptors (Lipinski definition) is 6. The lowest BCUT2D eigenvalue weighted by Gasteiger charge is -2.10. The Kier molecular flexibility index (Phi) is 6.04. The molecule has 0 spiro atoms. The van der Waals surface area contributed by atoms with Crippen LogP contribution in [0.5, 0.6) is 0 Å². The molecule has 0 aliphatic carbocycles. The maximum atomic E-state index is 12.4. The van der Waals surface area contributed by atoms with Gasteiger partial charge < -0.3 is 15.2 Å². The molecule has 0 aliphatic heterocycles. The first-order chi connectivity index (χ1) is 14.6. The first-order valence-corrected chi connectivity index (χ1v) is 10.7. The molecule has 0 saturated carbocycles. The van der Waals surface area contributed by atoms with Gasteiger partial charge in [0.25, 0.3) is 0 Å². The van der Waals surface area contributed by atoms with Crippen LogP contribution >= 0.6 is 11.3 Å². The Bertz CT molecular complexity index is 1120. The summed E-state index contributed by atoms with van der Waals surface area (Å²) >= 11 is 1.61. The molecule has 4 aromatic rings. The summed E-state index contributed by atoms with van der Waals surface area (Å²) in [7, 11) is 0. The number of anilines is 1. The number of para-hydroxylation sites is 2. The number of carbonyl (C=O) groups excluding carboxylic acids is 1. The van der Waals surface area contributed by atoms with Crippen LogP contribution in [0.15, 0.2) is 53.1 Å². The van der Waals surface area contributed by atoms with Crippen molar-refractivity contribution in [3.05, 3.63) is 60.2 Å². The van der Waals surface area contributed by atoms with E-state index < -0.39 is 0 Å². The maximum absolute atomic E-state index is 12.4. The number of nitrogens with zero attached hydrogens (tertiary/aromatic N) is 3. The number of benzene rings is 2. The van der Waals surface area contributed by atoms with Crippen LogP contribution in [0.1, 0.15) is 37.9 Å². The third-order valence-electron chi connectivity index (χ3n) is 4.55. The molecule has 0 fully saturated rings. The van der Waals surface area contributed by atoms with Crippen LogP contribution in [0.4, 0.5) is 10.5 Å². The van der Waals surface area contributed by atoms with Gasteiger partial charge in [-0.15, -0.1) is 11.3 Å². The molecule has 0 bridgehead atoms. The Morgan fingerprint density at radius 3 is 2.70 bits per heavy atom. The van der Waals surface area contributed by atoms with Crippen molar-refractivity contribution in [2.75, 3.05) is 11.9 Å². The number of urea groups is 1. The zero-order valence-corrected chi connectivity index (χ0v) is 17.7. The summed E-state index contributed by atoms with van der Waals surface area (Å²) in [6.07, 6.45) is 1.34.